The summed E-state index contributed by atoms with van der Waals surface area (Å²) < 4.78 is 4.53. The molecule has 0 heterocycles. The van der Waals surface area contributed by atoms with Gasteiger partial charge in [-0.3, -0.25) is 9.59 Å². The Bertz CT molecular complexity index is 372. The van der Waals surface area contributed by atoms with Crippen LogP contribution in [0.3, 0.4) is 0 Å². The Morgan fingerprint density at radius 2 is 2.11 bits per heavy atom. The van der Waals surface area contributed by atoms with E-state index in [1.165, 1.54) is 12.7 Å². The maximum Gasteiger partial charge on any atom is 0.306 e. The van der Waals surface area contributed by atoms with Crippen LogP contribution in [0.4, 0.5) is 0 Å². The second kappa shape index (κ2) is 6.73. The first kappa shape index (κ1) is 15.7. The lowest BCUT2D eigenvalue weighted by Gasteiger charge is -2.37. The van der Waals surface area contributed by atoms with Crippen LogP contribution in [0.25, 0.3) is 0 Å². The van der Waals surface area contributed by atoms with Crippen molar-refractivity contribution in [3.63, 3.8) is 0 Å². The quantitative estimate of drug-likeness (QED) is 0.615. The Kier molecular flexibility index (Phi) is 5.58. The van der Waals surface area contributed by atoms with Crippen molar-refractivity contribution in [3.05, 3.63) is 11.6 Å². The average Bonchev–Trinajstić information content (AvgIpc) is 2.36. The molecule has 1 aliphatic carbocycles. The molecule has 4 nitrogen and oxygen atoms in total. The summed E-state index contributed by atoms with van der Waals surface area (Å²) in [6.07, 6.45) is 5.81. The lowest BCUT2D eigenvalue weighted by Crippen LogP contribution is -2.49. The van der Waals surface area contributed by atoms with Gasteiger partial charge in [0.15, 0.2) is 0 Å². The highest BCUT2D eigenvalue weighted by atomic mass is 16.5. The van der Waals surface area contributed by atoms with Crippen molar-refractivity contribution < 1.29 is 14.3 Å². The van der Waals surface area contributed by atoms with E-state index >= 15 is 0 Å². The fourth-order valence-electron chi connectivity index (χ4n) is 2.46. The van der Waals surface area contributed by atoms with E-state index in [0.29, 0.717) is 5.92 Å². The molecule has 0 spiro atoms. The van der Waals surface area contributed by atoms with Gasteiger partial charge in [-0.15, -0.1) is 0 Å². The van der Waals surface area contributed by atoms with Gasteiger partial charge >= 0.3 is 5.97 Å². The first-order chi connectivity index (χ1) is 8.85. The van der Waals surface area contributed by atoms with Gasteiger partial charge in [-0.2, -0.15) is 0 Å². The van der Waals surface area contributed by atoms with Gasteiger partial charge in [0, 0.05) is 12.0 Å². The Balaban J connectivity index is 2.45. The van der Waals surface area contributed by atoms with Crippen molar-refractivity contribution in [3.8, 4) is 0 Å². The van der Waals surface area contributed by atoms with Crippen LogP contribution in [0.1, 0.15) is 52.9 Å². The van der Waals surface area contributed by atoms with E-state index in [-0.39, 0.29) is 30.3 Å². The van der Waals surface area contributed by atoms with Crippen LogP contribution in [-0.4, -0.2) is 24.5 Å². The second-order valence-electron chi connectivity index (χ2n) is 5.87. The summed E-state index contributed by atoms with van der Waals surface area (Å²) in [6.45, 7) is 6.27. The molecule has 0 saturated carbocycles. The van der Waals surface area contributed by atoms with Gasteiger partial charge in [0.25, 0.3) is 0 Å². The molecule has 0 fully saturated rings. The molecular formula is C15H25NO3. The SMILES string of the molecule is COC(=O)CCC(=O)NC(C)(C)C1CC=C(C)CC1. The molecule has 108 valence electrons. The molecule has 0 aromatic carbocycles. The number of allylic oxidation sites excluding steroid dienone is 2. The van der Waals surface area contributed by atoms with E-state index in [1.54, 1.807) is 0 Å². The van der Waals surface area contributed by atoms with Gasteiger partial charge in [0.2, 0.25) is 5.91 Å². The van der Waals surface area contributed by atoms with Crippen molar-refractivity contribution in [2.45, 2.75) is 58.4 Å². The third kappa shape index (κ3) is 5.05. The standard InChI is InChI=1S/C15H25NO3/c1-11-5-7-12(8-6-11)15(2,3)16-13(17)9-10-14(18)19-4/h5,12H,6-10H2,1-4H3,(H,16,17). The van der Waals surface area contributed by atoms with Crippen molar-refractivity contribution >= 4 is 11.9 Å². The molecule has 1 atom stereocenters. The van der Waals surface area contributed by atoms with E-state index in [9.17, 15) is 9.59 Å². The minimum absolute atomic E-state index is 0.0818. The van der Waals surface area contributed by atoms with Gasteiger partial charge in [-0.1, -0.05) is 11.6 Å². The van der Waals surface area contributed by atoms with Crippen LogP contribution in [0.2, 0.25) is 0 Å². The van der Waals surface area contributed by atoms with Gasteiger partial charge in [0.1, 0.15) is 0 Å². The minimum atomic E-state index is -0.343. The van der Waals surface area contributed by atoms with Gasteiger partial charge in [-0.05, 0) is 46.0 Å². The third-order valence-electron chi connectivity index (χ3n) is 3.90. The summed E-state index contributed by atoms with van der Waals surface area (Å²) in [5.41, 5.74) is 1.20. The van der Waals surface area contributed by atoms with Gasteiger partial charge in [-0.25, -0.2) is 0 Å². The van der Waals surface area contributed by atoms with Crippen LogP contribution in [0, 0.1) is 5.92 Å². The second-order valence-corrected chi connectivity index (χ2v) is 5.87. The average molecular weight is 267 g/mol. The maximum atomic E-state index is 11.9. The first-order valence-electron chi connectivity index (χ1n) is 6.88. The predicted octanol–water partition coefficient (Wildman–Crippen LogP) is 2.58. The number of methoxy groups -OCH3 is 1. The Morgan fingerprint density at radius 3 is 2.63 bits per heavy atom. The summed E-state index contributed by atoms with van der Waals surface area (Å²) in [6, 6.07) is 0. The molecule has 0 aromatic rings. The monoisotopic (exact) mass is 267 g/mol. The van der Waals surface area contributed by atoms with E-state index in [0.717, 1.165) is 19.3 Å². The number of amides is 1. The number of carbonyl (C=O) groups excluding carboxylic acids is 2. The van der Waals surface area contributed by atoms with E-state index < -0.39 is 0 Å². The van der Waals surface area contributed by atoms with Crippen LogP contribution in [-0.2, 0) is 14.3 Å². The number of nitrogens with one attached hydrogen (secondary N) is 1. The van der Waals surface area contributed by atoms with Crippen molar-refractivity contribution in [2.75, 3.05) is 7.11 Å². The largest absolute Gasteiger partial charge is 0.469 e. The Morgan fingerprint density at radius 1 is 1.42 bits per heavy atom. The number of carbonyl (C=O) groups is 2. The van der Waals surface area contributed by atoms with Crippen LogP contribution in [0.5, 0.6) is 0 Å². The zero-order valence-electron chi connectivity index (χ0n) is 12.4. The van der Waals surface area contributed by atoms with Crippen molar-refractivity contribution in [1.29, 1.82) is 0 Å². The van der Waals surface area contributed by atoms with Crippen LogP contribution >= 0.6 is 0 Å². The summed E-state index contributed by atoms with van der Waals surface area (Å²) in [7, 11) is 1.33. The molecular weight excluding hydrogens is 242 g/mol. The predicted molar refractivity (Wildman–Crippen MR) is 74.6 cm³/mol. The summed E-state index contributed by atoms with van der Waals surface area (Å²) >= 11 is 0. The van der Waals surface area contributed by atoms with Crippen molar-refractivity contribution in [2.24, 2.45) is 5.92 Å². The smallest absolute Gasteiger partial charge is 0.306 e. The van der Waals surface area contributed by atoms with E-state index in [1.807, 2.05) is 0 Å². The van der Waals surface area contributed by atoms with Gasteiger partial charge in [0.05, 0.1) is 13.5 Å². The lowest BCUT2D eigenvalue weighted by atomic mass is 9.77. The number of esters is 1. The molecule has 4 heteroatoms. The first-order valence-corrected chi connectivity index (χ1v) is 6.88. The number of rotatable bonds is 5. The highest BCUT2D eigenvalue weighted by Gasteiger charge is 2.31. The number of hydrogen-bond donors (Lipinski definition) is 1. The minimum Gasteiger partial charge on any atom is -0.469 e. The highest BCUT2D eigenvalue weighted by Crippen LogP contribution is 2.31. The molecule has 0 bridgehead atoms. The van der Waals surface area contributed by atoms with E-state index in [4.69, 9.17) is 0 Å². The topological polar surface area (TPSA) is 55.4 Å². The lowest BCUT2D eigenvalue weighted by molar-refractivity contribution is -0.142. The van der Waals surface area contributed by atoms with Crippen molar-refractivity contribution in [1.82, 2.24) is 5.32 Å². The summed E-state index contributed by atoms with van der Waals surface area (Å²) in [5.74, 6) is 0.0316. The molecule has 1 aliphatic rings. The molecule has 0 aromatic heterocycles. The molecule has 0 aliphatic heterocycles. The molecule has 0 saturated heterocycles. The summed E-state index contributed by atoms with van der Waals surface area (Å²) in [4.78, 5) is 22.9. The fraction of sp³-hybridized carbons (Fsp3) is 0.733. The number of hydrogen-bond acceptors (Lipinski definition) is 3. The molecule has 1 rings (SSSR count). The molecule has 0 radical (unpaired) electrons. The maximum absolute atomic E-state index is 11.9. The van der Waals surface area contributed by atoms with Crippen LogP contribution < -0.4 is 5.32 Å². The Labute approximate surface area is 115 Å². The normalized spacial score (nSPS) is 19.6. The molecule has 1 N–H and O–H groups in total. The zero-order chi connectivity index (χ0) is 14.5. The molecule has 1 unspecified atom stereocenters. The molecule has 19 heavy (non-hydrogen) atoms. The van der Waals surface area contributed by atoms with Crippen LogP contribution in [0.15, 0.2) is 11.6 Å². The zero-order valence-corrected chi connectivity index (χ0v) is 12.4. The van der Waals surface area contributed by atoms with Gasteiger partial charge < -0.3 is 10.1 Å². The third-order valence-corrected chi connectivity index (χ3v) is 3.90. The molecule has 1 amide bonds. The van der Waals surface area contributed by atoms with E-state index in [2.05, 4.69) is 36.9 Å². The fourth-order valence-corrected chi connectivity index (χ4v) is 2.46. The number of ether oxygens (including phenoxy) is 1. The Hall–Kier alpha value is -1.32. The summed E-state index contributed by atoms with van der Waals surface area (Å²) in [5, 5.41) is 3.04. The highest BCUT2D eigenvalue weighted by molar-refractivity contribution is 5.81.